The Morgan fingerprint density at radius 2 is 2.13 bits per heavy atom. The summed E-state index contributed by atoms with van der Waals surface area (Å²) < 4.78 is 21.4. The van der Waals surface area contributed by atoms with E-state index in [1.54, 1.807) is 0 Å². The molecule has 11 heteroatoms. The number of anilines is 1. The van der Waals surface area contributed by atoms with E-state index in [1.807, 2.05) is 6.92 Å². The molecule has 0 radical (unpaired) electrons. The zero-order valence-electron chi connectivity index (χ0n) is 16.7. The van der Waals surface area contributed by atoms with Crippen molar-refractivity contribution in [3.05, 3.63) is 61.5 Å². The highest BCUT2D eigenvalue weighted by atomic mass is 35.5. The number of halogens is 2. The molecule has 0 saturated heterocycles. The Labute approximate surface area is 180 Å². The average Bonchev–Trinajstić information content (AvgIpc) is 3.22. The normalized spacial score (nSPS) is 13.1. The van der Waals surface area contributed by atoms with Gasteiger partial charge in [-0.3, -0.25) is 18.7 Å². The predicted octanol–water partition coefficient (Wildman–Crippen LogP) is 2.39. The molecule has 9 nitrogen and oxygen atoms in total. The molecule has 31 heavy (non-hydrogen) atoms. The molecular weight excluding hydrogens is 429 g/mol. The van der Waals surface area contributed by atoms with Crippen molar-refractivity contribution in [2.24, 2.45) is 0 Å². The summed E-state index contributed by atoms with van der Waals surface area (Å²) in [5.74, 6) is -1.01. The summed E-state index contributed by atoms with van der Waals surface area (Å²) in [6, 6.07) is 3.77. The summed E-state index contributed by atoms with van der Waals surface area (Å²) in [7, 11) is 0. The lowest BCUT2D eigenvalue weighted by Crippen LogP contribution is -2.45. The van der Waals surface area contributed by atoms with Crippen molar-refractivity contribution in [1.29, 1.82) is 0 Å². The molecule has 1 aliphatic rings. The van der Waals surface area contributed by atoms with Crippen molar-refractivity contribution in [1.82, 2.24) is 19.3 Å². The Kier molecular flexibility index (Phi) is 5.73. The quantitative estimate of drug-likeness (QED) is 0.642. The minimum atomic E-state index is -0.731. The van der Waals surface area contributed by atoms with Crippen LogP contribution in [0.5, 0.6) is 0 Å². The SMILES string of the molecule is CCc1nc(-c2c3n(c(=O)n(CC(=O)Nc4ccc(Cl)cc4F)c2=O)CCCC3)no1. The molecule has 3 heterocycles. The van der Waals surface area contributed by atoms with Crippen molar-refractivity contribution in [3.63, 3.8) is 0 Å². The molecule has 1 aliphatic heterocycles. The van der Waals surface area contributed by atoms with Gasteiger partial charge in [-0.15, -0.1) is 0 Å². The molecule has 2 aromatic heterocycles. The molecule has 162 valence electrons. The number of rotatable bonds is 5. The van der Waals surface area contributed by atoms with Crippen LogP contribution in [-0.4, -0.2) is 25.2 Å². The molecule has 1 aromatic carbocycles. The standard InChI is InChI=1S/C20H19ClFN5O4/c1-2-16-24-18(25-31-16)17-14-5-3-4-8-26(14)20(30)27(19(17)29)10-15(28)23-13-7-6-11(21)9-12(13)22/h6-7,9H,2-5,8,10H2,1H3,(H,23,28). The summed E-state index contributed by atoms with van der Waals surface area (Å²) in [4.78, 5) is 42.9. The van der Waals surface area contributed by atoms with Gasteiger partial charge >= 0.3 is 5.69 Å². The topological polar surface area (TPSA) is 112 Å². The van der Waals surface area contributed by atoms with E-state index in [0.717, 1.165) is 23.5 Å². The summed E-state index contributed by atoms with van der Waals surface area (Å²) >= 11 is 5.72. The molecule has 3 aromatic rings. The number of hydrogen-bond acceptors (Lipinski definition) is 6. The maximum absolute atomic E-state index is 14.0. The fraction of sp³-hybridized carbons (Fsp3) is 0.350. The first kappa shape index (κ1) is 21.0. The number of aryl methyl sites for hydroxylation is 1. The minimum Gasteiger partial charge on any atom is -0.339 e. The first-order chi connectivity index (χ1) is 14.9. The number of fused-ring (bicyclic) bond motifs is 1. The largest absolute Gasteiger partial charge is 0.339 e. The van der Waals surface area contributed by atoms with E-state index in [4.69, 9.17) is 16.1 Å². The second-order valence-corrected chi connectivity index (χ2v) is 7.58. The fourth-order valence-corrected chi connectivity index (χ4v) is 3.74. The van der Waals surface area contributed by atoms with Gasteiger partial charge in [-0.1, -0.05) is 23.7 Å². The van der Waals surface area contributed by atoms with Gasteiger partial charge in [0.05, 0.1) is 5.69 Å². The lowest BCUT2D eigenvalue weighted by Gasteiger charge is -2.21. The molecule has 4 rings (SSSR count). The smallest absolute Gasteiger partial charge is 0.331 e. The second-order valence-electron chi connectivity index (χ2n) is 7.14. The van der Waals surface area contributed by atoms with Gasteiger partial charge in [0.2, 0.25) is 17.6 Å². The van der Waals surface area contributed by atoms with Crippen LogP contribution in [0.3, 0.4) is 0 Å². The third kappa shape index (κ3) is 4.02. The molecular formula is C20H19ClFN5O4. The van der Waals surface area contributed by atoms with Gasteiger partial charge in [-0.25, -0.2) is 9.18 Å². The number of carbonyl (C=O) groups excluding carboxylic acids is 1. The van der Waals surface area contributed by atoms with Gasteiger partial charge < -0.3 is 9.84 Å². The van der Waals surface area contributed by atoms with Gasteiger partial charge in [0.15, 0.2) is 0 Å². The van der Waals surface area contributed by atoms with Gasteiger partial charge in [0.1, 0.15) is 17.9 Å². The molecule has 0 spiro atoms. The van der Waals surface area contributed by atoms with E-state index in [0.29, 0.717) is 31.0 Å². The van der Waals surface area contributed by atoms with E-state index in [9.17, 15) is 18.8 Å². The first-order valence-electron chi connectivity index (χ1n) is 9.83. The third-order valence-corrected chi connectivity index (χ3v) is 5.32. The van der Waals surface area contributed by atoms with Crippen LogP contribution in [0.4, 0.5) is 10.1 Å². The molecule has 0 unspecified atom stereocenters. The fourth-order valence-electron chi connectivity index (χ4n) is 3.58. The van der Waals surface area contributed by atoms with Crippen LogP contribution >= 0.6 is 11.6 Å². The lowest BCUT2D eigenvalue weighted by molar-refractivity contribution is -0.116. The molecule has 0 saturated carbocycles. The number of benzene rings is 1. The van der Waals surface area contributed by atoms with Crippen LogP contribution in [0.25, 0.3) is 11.4 Å². The van der Waals surface area contributed by atoms with E-state index in [1.165, 1.54) is 16.7 Å². The molecule has 0 atom stereocenters. The molecule has 0 bridgehead atoms. The van der Waals surface area contributed by atoms with E-state index in [2.05, 4.69) is 15.5 Å². The molecule has 0 fully saturated rings. The first-order valence-corrected chi connectivity index (χ1v) is 10.2. The average molecular weight is 448 g/mol. The number of nitrogens with zero attached hydrogens (tertiary/aromatic N) is 4. The highest BCUT2D eigenvalue weighted by molar-refractivity contribution is 6.30. The Bertz CT molecular complexity index is 1280. The van der Waals surface area contributed by atoms with Gasteiger partial charge in [0, 0.05) is 23.7 Å². The van der Waals surface area contributed by atoms with Gasteiger partial charge in [-0.2, -0.15) is 4.98 Å². The van der Waals surface area contributed by atoms with Crippen LogP contribution in [-0.2, 0) is 30.7 Å². The van der Waals surface area contributed by atoms with Crippen molar-refractivity contribution in [3.8, 4) is 11.4 Å². The van der Waals surface area contributed by atoms with Crippen molar-refractivity contribution < 1.29 is 13.7 Å². The number of amides is 1. The van der Waals surface area contributed by atoms with Crippen molar-refractivity contribution in [2.75, 3.05) is 5.32 Å². The summed E-state index contributed by atoms with van der Waals surface area (Å²) in [5.41, 5.74) is -0.715. The predicted molar refractivity (Wildman–Crippen MR) is 111 cm³/mol. The summed E-state index contributed by atoms with van der Waals surface area (Å²) in [5, 5.41) is 6.43. The Balaban J connectivity index is 1.75. The summed E-state index contributed by atoms with van der Waals surface area (Å²) in [6.45, 7) is 1.65. The van der Waals surface area contributed by atoms with Crippen LogP contribution in [0.2, 0.25) is 5.02 Å². The monoisotopic (exact) mass is 447 g/mol. The van der Waals surface area contributed by atoms with Crippen LogP contribution in [0.15, 0.2) is 32.3 Å². The maximum Gasteiger partial charge on any atom is 0.331 e. The Hall–Kier alpha value is -3.27. The number of carbonyl (C=O) groups is 1. The number of hydrogen-bond donors (Lipinski definition) is 1. The van der Waals surface area contributed by atoms with E-state index < -0.39 is 29.5 Å². The number of nitrogens with one attached hydrogen (secondary N) is 1. The number of aromatic nitrogens is 4. The highest BCUT2D eigenvalue weighted by Gasteiger charge is 2.26. The van der Waals surface area contributed by atoms with Gasteiger partial charge in [0.25, 0.3) is 5.56 Å². The second kappa shape index (κ2) is 8.46. The van der Waals surface area contributed by atoms with E-state index >= 15 is 0 Å². The summed E-state index contributed by atoms with van der Waals surface area (Å²) in [6.07, 6.45) is 2.58. The Morgan fingerprint density at radius 3 is 2.84 bits per heavy atom. The lowest BCUT2D eigenvalue weighted by atomic mass is 10.0. The highest BCUT2D eigenvalue weighted by Crippen LogP contribution is 2.22. The zero-order chi connectivity index (χ0) is 22.1. The van der Waals surface area contributed by atoms with Crippen LogP contribution in [0.1, 0.15) is 31.4 Å². The molecule has 1 N–H and O–H groups in total. The van der Waals surface area contributed by atoms with Crippen LogP contribution < -0.4 is 16.6 Å². The van der Waals surface area contributed by atoms with E-state index in [-0.39, 0.29) is 22.1 Å². The minimum absolute atomic E-state index is 0.0883. The zero-order valence-corrected chi connectivity index (χ0v) is 17.4. The van der Waals surface area contributed by atoms with Crippen molar-refractivity contribution >= 4 is 23.2 Å². The molecule has 0 aliphatic carbocycles. The van der Waals surface area contributed by atoms with Gasteiger partial charge in [-0.05, 0) is 37.5 Å². The van der Waals surface area contributed by atoms with Crippen LogP contribution in [0, 0.1) is 5.82 Å². The maximum atomic E-state index is 14.0. The third-order valence-electron chi connectivity index (χ3n) is 5.08. The Morgan fingerprint density at radius 1 is 1.32 bits per heavy atom. The van der Waals surface area contributed by atoms with Crippen molar-refractivity contribution in [2.45, 2.75) is 45.7 Å². The molecule has 1 amide bonds.